The minimum absolute atomic E-state index is 0.138. The number of sulfonamides is 1. The molecule has 6 nitrogen and oxygen atoms in total. The van der Waals surface area contributed by atoms with Gasteiger partial charge in [0, 0.05) is 18.8 Å². The third kappa shape index (κ3) is 5.62. The van der Waals surface area contributed by atoms with E-state index in [9.17, 15) is 17.6 Å². The molecule has 0 bridgehead atoms. The molecule has 0 aliphatic heterocycles. The second-order valence-electron chi connectivity index (χ2n) is 7.68. The Balaban J connectivity index is 1.86. The quantitative estimate of drug-likeness (QED) is 0.607. The Labute approximate surface area is 183 Å². The molecule has 0 N–H and O–H groups in total. The summed E-state index contributed by atoms with van der Waals surface area (Å²) in [6.45, 7) is 2.08. The van der Waals surface area contributed by atoms with E-state index in [0.29, 0.717) is 18.0 Å². The van der Waals surface area contributed by atoms with Crippen molar-refractivity contribution < 1.29 is 22.3 Å². The zero-order valence-electron chi connectivity index (χ0n) is 18.0. The molecule has 1 fully saturated rings. The molecular weight excluding hydrogens is 419 g/mol. The number of anilines is 1. The molecule has 2 aromatic rings. The van der Waals surface area contributed by atoms with Crippen LogP contribution in [0.2, 0.25) is 0 Å². The van der Waals surface area contributed by atoms with Crippen LogP contribution in [0.5, 0.6) is 5.75 Å². The van der Waals surface area contributed by atoms with Gasteiger partial charge in [-0.1, -0.05) is 19.3 Å². The molecule has 0 heterocycles. The highest BCUT2D eigenvalue weighted by Crippen LogP contribution is 2.29. The van der Waals surface area contributed by atoms with E-state index < -0.39 is 15.8 Å². The van der Waals surface area contributed by atoms with Crippen molar-refractivity contribution in [1.82, 2.24) is 4.31 Å². The average molecular weight is 449 g/mol. The molecule has 0 spiro atoms. The van der Waals surface area contributed by atoms with Crippen molar-refractivity contribution >= 4 is 21.6 Å². The number of carbonyl (C=O) groups is 1. The molecule has 0 aromatic heterocycles. The number of likely N-dealkylation sites (N-methyl/N-ethyl adjacent to an activating group) is 1. The maximum atomic E-state index is 13.5. The van der Waals surface area contributed by atoms with Gasteiger partial charge in [0.25, 0.3) is 0 Å². The van der Waals surface area contributed by atoms with E-state index in [4.69, 9.17) is 4.74 Å². The fourth-order valence-electron chi connectivity index (χ4n) is 3.84. The normalized spacial score (nSPS) is 15.1. The molecule has 31 heavy (non-hydrogen) atoms. The van der Waals surface area contributed by atoms with E-state index in [0.717, 1.165) is 32.1 Å². The molecule has 8 heteroatoms. The van der Waals surface area contributed by atoms with E-state index in [1.165, 1.54) is 45.6 Å². The smallest absolute Gasteiger partial charge is 0.243 e. The van der Waals surface area contributed by atoms with Crippen molar-refractivity contribution in [3.63, 3.8) is 0 Å². The Morgan fingerprint density at radius 2 is 1.65 bits per heavy atom. The molecule has 1 saturated carbocycles. The first-order valence-electron chi connectivity index (χ1n) is 10.6. The number of hydrogen-bond acceptors (Lipinski definition) is 4. The van der Waals surface area contributed by atoms with E-state index >= 15 is 0 Å². The number of halogens is 1. The van der Waals surface area contributed by atoms with Crippen molar-refractivity contribution in [2.24, 2.45) is 0 Å². The Morgan fingerprint density at radius 1 is 1.03 bits per heavy atom. The number of amides is 1. The van der Waals surface area contributed by atoms with Gasteiger partial charge in [-0.25, -0.2) is 12.8 Å². The zero-order valence-corrected chi connectivity index (χ0v) is 18.8. The Hall–Kier alpha value is -2.45. The second-order valence-corrected chi connectivity index (χ2v) is 9.57. The summed E-state index contributed by atoms with van der Waals surface area (Å²) in [6.07, 6.45) is 4.38. The minimum Gasteiger partial charge on any atom is -0.494 e. The molecule has 0 radical (unpaired) electrons. The summed E-state index contributed by atoms with van der Waals surface area (Å²) < 4.78 is 47.0. The number of hydrogen-bond donors (Lipinski definition) is 0. The highest BCUT2D eigenvalue weighted by Gasteiger charge is 2.34. The third-order valence-electron chi connectivity index (χ3n) is 5.60. The van der Waals surface area contributed by atoms with Crippen LogP contribution in [0.25, 0.3) is 0 Å². The van der Waals surface area contributed by atoms with Gasteiger partial charge >= 0.3 is 0 Å². The van der Waals surface area contributed by atoms with Gasteiger partial charge in [0.2, 0.25) is 15.9 Å². The molecule has 1 aliphatic carbocycles. The summed E-state index contributed by atoms with van der Waals surface area (Å²) in [6, 6.07) is 11.6. The molecule has 1 aliphatic rings. The first-order chi connectivity index (χ1) is 14.8. The minimum atomic E-state index is -3.88. The number of carbonyl (C=O) groups excluding carboxylic acids is 1. The van der Waals surface area contributed by atoms with Gasteiger partial charge in [-0.05, 0) is 68.3 Å². The van der Waals surface area contributed by atoms with Gasteiger partial charge in [0.1, 0.15) is 11.6 Å². The Morgan fingerprint density at radius 3 is 2.23 bits per heavy atom. The summed E-state index contributed by atoms with van der Waals surface area (Å²) >= 11 is 0. The molecule has 1 amide bonds. The summed E-state index contributed by atoms with van der Waals surface area (Å²) in [7, 11) is -2.31. The number of nitrogens with zero attached hydrogens (tertiary/aromatic N) is 2. The van der Waals surface area contributed by atoms with Crippen molar-refractivity contribution in [3.05, 3.63) is 54.3 Å². The van der Waals surface area contributed by atoms with E-state index in [1.807, 2.05) is 6.92 Å². The van der Waals surface area contributed by atoms with Gasteiger partial charge in [-0.3, -0.25) is 4.79 Å². The van der Waals surface area contributed by atoms with Gasteiger partial charge in [-0.2, -0.15) is 4.31 Å². The number of benzene rings is 2. The molecule has 0 saturated heterocycles. The zero-order chi connectivity index (χ0) is 22.4. The maximum Gasteiger partial charge on any atom is 0.243 e. The van der Waals surface area contributed by atoms with E-state index in [-0.39, 0.29) is 23.4 Å². The van der Waals surface area contributed by atoms with Crippen LogP contribution >= 0.6 is 0 Å². The molecule has 168 valence electrons. The lowest BCUT2D eigenvalue weighted by molar-refractivity contribution is -0.119. The fourth-order valence-corrected chi connectivity index (χ4v) is 5.47. The van der Waals surface area contributed by atoms with Crippen LogP contribution in [0.4, 0.5) is 10.1 Å². The van der Waals surface area contributed by atoms with Crippen LogP contribution in [-0.4, -0.2) is 44.9 Å². The van der Waals surface area contributed by atoms with Crippen LogP contribution in [0, 0.1) is 5.82 Å². The Kier molecular flexibility index (Phi) is 7.67. The summed E-state index contributed by atoms with van der Waals surface area (Å²) in [5.41, 5.74) is 0.508. The topological polar surface area (TPSA) is 66.9 Å². The first kappa shape index (κ1) is 23.2. The molecular formula is C23H29FN2O4S. The lowest BCUT2D eigenvalue weighted by atomic mass is 9.95. The number of ether oxygens (including phenoxy) is 1. The molecule has 2 aromatic carbocycles. The predicted molar refractivity (Wildman–Crippen MR) is 118 cm³/mol. The van der Waals surface area contributed by atoms with Crippen LogP contribution in [0.3, 0.4) is 0 Å². The van der Waals surface area contributed by atoms with Crippen molar-refractivity contribution in [2.45, 2.75) is 50.0 Å². The van der Waals surface area contributed by atoms with Gasteiger partial charge in [-0.15, -0.1) is 0 Å². The first-order valence-corrected chi connectivity index (χ1v) is 12.0. The lowest BCUT2D eigenvalue weighted by Crippen LogP contribution is -2.47. The molecule has 0 atom stereocenters. The maximum absolute atomic E-state index is 13.5. The van der Waals surface area contributed by atoms with E-state index in [2.05, 4.69) is 0 Å². The van der Waals surface area contributed by atoms with Gasteiger partial charge in [0.05, 0.1) is 18.0 Å². The van der Waals surface area contributed by atoms with Crippen LogP contribution in [-0.2, 0) is 14.8 Å². The highest BCUT2D eigenvalue weighted by molar-refractivity contribution is 7.89. The predicted octanol–water partition coefficient (Wildman–Crippen LogP) is 4.21. The summed E-state index contributed by atoms with van der Waals surface area (Å²) in [5.74, 6) is -0.170. The van der Waals surface area contributed by atoms with Crippen molar-refractivity contribution in [1.29, 1.82) is 0 Å². The summed E-state index contributed by atoms with van der Waals surface area (Å²) in [5, 5.41) is 0. The average Bonchev–Trinajstić information content (AvgIpc) is 2.78. The molecule has 3 rings (SSSR count). The van der Waals surface area contributed by atoms with Gasteiger partial charge in [0.15, 0.2) is 0 Å². The fraction of sp³-hybridized carbons (Fsp3) is 0.435. The third-order valence-corrected chi connectivity index (χ3v) is 7.52. The Bertz CT molecular complexity index is 972. The lowest BCUT2D eigenvalue weighted by Gasteiger charge is -2.34. The van der Waals surface area contributed by atoms with Crippen LogP contribution < -0.4 is 9.64 Å². The largest absolute Gasteiger partial charge is 0.494 e. The summed E-state index contributed by atoms with van der Waals surface area (Å²) in [4.78, 5) is 14.5. The van der Waals surface area contributed by atoms with E-state index in [1.54, 1.807) is 19.2 Å². The second kappa shape index (κ2) is 10.2. The van der Waals surface area contributed by atoms with Crippen molar-refractivity contribution in [2.75, 3.05) is 25.1 Å². The molecule has 0 unspecified atom stereocenters. The highest BCUT2D eigenvalue weighted by atomic mass is 32.2. The monoisotopic (exact) mass is 448 g/mol. The van der Waals surface area contributed by atoms with Gasteiger partial charge < -0.3 is 9.64 Å². The van der Waals surface area contributed by atoms with Crippen LogP contribution in [0.15, 0.2) is 53.4 Å². The van der Waals surface area contributed by atoms with Crippen LogP contribution in [0.1, 0.15) is 39.0 Å². The number of rotatable bonds is 8. The SMILES string of the molecule is CCOc1ccc(S(=O)(=O)N(CC(=O)N(C)c2ccc(F)cc2)C2CCCCC2)cc1. The van der Waals surface area contributed by atoms with Crippen molar-refractivity contribution in [3.8, 4) is 5.75 Å². The standard InChI is InChI=1S/C23H29FN2O4S/c1-3-30-21-13-15-22(16-14-21)31(28,29)26(20-7-5-4-6-8-20)17-23(27)25(2)19-11-9-18(24)10-12-19/h9-16,20H,3-8,17H2,1-2H3.